The summed E-state index contributed by atoms with van der Waals surface area (Å²) >= 11 is 0. The van der Waals surface area contributed by atoms with Gasteiger partial charge in [-0.3, -0.25) is 0 Å². The molecule has 0 saturated carbocycles. The van der Waals surface area contributed by atoms with Crippen LogP contribution in [0.2, 0.25) is 0 Å². The Kier molecular flexibility index (Phi) is 7.97. The van der Waals surface area contributed by atoms with E-state index in [-0.39, 0.29) is 5.92 Å². The summed E-state index contributed by atoms with van der Waals surface area (Å²) in [4.78, 5) is 10.7. The van der Waals surface area contributed by atoms with E-state index in [2.05, 4.69) is 193 Å². The van der Waals surface area contributed by atoms with Crippen LogP contribution in [0.1, 0.15) is 18.0 Å². The van der Waals surface area contributed by atoms with Crippen molar-refractivity contribution in [3.8, 4) is 50.6 Å². The second-order valence-electron chi connectivity index (χ2n) is 16.4. The molecular weight excluding hydrogens is 771 g/mol. The number of hydrogen-bond acceptors (Lipinski definition) is 4. The Morgan fingerprint density at radius 1 is 0.460 bits per heavy atom. The third-order valence-electron chi connectivity index (χ3n) is 12.7. The first kappa shape index (κ1) is 35.5. The molecule has 0 N–H and O–H groups in total. The lowest BCUT2D eigenvalue weighted by molar-refractivity contribution is 0.665. The first-order valence-corrected chi connectivity index (χ1v) is 21.5. The highest BCUT2D eigenvalue weighted by Gasteiger charge is 2.25. The van der Waals surface area contributed by atoms with E-state index in [1.807, 2.05) is 18.2 Å². The topological polar surface area (TPSA) is 57.0 Å². The molecule has 1 aliphatic carbocycles. The van der Waals surface area contributed by atoms with Gasteiger partial charge in [-0.2, -0.15) is 0 Å². The molecule has 0 aliphatic heterocycles. The van der Waals surface area contributed by atoms with Crippen molar-refractivity contribution >= 4 is 65.7 Å². The smallest absolute Gasteiger partial charge is 0.160 e. The summed E-state index contributed by atoms with van der Waals surface area (Å²) < 4.78 is 15.8. The molecule has 0 saturated heterocycles. The Hall–Kier alpha value is -8.28. The quantitative estimate of drug-likeness (QED) is 0.168. The minimum Gasteiger partial charge on any atom is -0.456 e. The molecule has 12 aromatic rings. The van der Waals surface area contributed by atoms with Crippen molar-refractivity contribution < 1.29 is 8.83 Å². The number of rotatable bonds is 6. The van der Waals surface area contributed by atoms with Crippen LogP contribution in [0.3, 0.4) is 0 Å². The lowest BCUT2D eigenvalue weighted by Crippen LogP contribution is -2.05. The molecule has 0 spiro atoms. The molecule has 1 aliphatic rings. The first-order valence-electron chi connectivity index (χ1n) is 21.5. The molecule has 1 atom stereocenters. The number of aromatic nitrogens is 3. The van der Waals surface area contributed by atoms with Crippen molar-refractivity contribution in [1.29, 1.82) is 0 Å². The van der Waals surface area contributed by atoms with Gasteiger partial charge in [0.25, 0.3) is 0 Å². The Balaban J connectivity index is 1.11. The number of allylic oxidation sites excluding steroid dienone is 4. The van der Waals surface area contributed by atoms with Gasteiger partial charge in [0.05, 0.1) is 33.5 Å². The van der Waals surface area contributed by atoms with Crippen molar-refractivity contribution in [2.75, 3.05) is 0 Å². The van der Waals surface area contributed by atoms with Gasteiger partial charge in [-0.25, -0.2) is 9.97 Å². The molecule has 0 bridgehead atoms. The number of fused-ring (bicyclic) bond motifs is 10. The van der Waals surface area contributed by atoms with Gasteiger partial charge in [0.1, 0.15) is 22.3 Å². The second kappa shape index (κ2) is 14.2. The van der Waals surface area contributed by atoms with Crippen LogP contribution in [0.25, 0.3) is 116 Å². The zero-order valence-electron chi connectivity index (χ0n) is 34.1. The molecule has 4 heterocycles. The number of benzene rings is 8. The van der Waals surface area contributed by atoms with Crippen molar-refractivity contribution in [2.24, 2.45) is 0 Å². The van der Waals surface area contributed by atoms with Crippen LogP contribution in [0.15, 0.2) is 215 Å². The molecule has 1 unspecified atom stereocenters. The van der Waals surface area contributed by atoms with Crippen LogP contribution in [0.4, 0.5) is 0 Å². The van der Waals surface area contributed by atoms with Crippen LogP contribution in [-0.4, -0.2) is 14.5 Å². The third kappa shape index (κ3) is 5.70. The summed E-state index contributed by atoms with van der Waals surface area (Å²) in [5, 5.41) is 6.41. The Labute approximate surface area is 362 Å². The fraction of sp³-hybridized carbons (Fsp3) is 0.0345. The molecule has 63 heavy (non-hydrogen) atoms. The molecule has 0 amide bonds. The van der Waals surface area contributed by atoms with Crippen LogP contribution in [0, 0.1) is 0 Å². The number of para-hydroxylation sites is 2. The highest BCUT2D eigenvalue weighted by atomic mass is 16.3. The molecule has 0 radical (unpaired) electrons. The molecular formula is C58H37N3O2. The largest absolute Gasteiger partial charge is 0.456 e. The maximum Gasteiger partial charge on any atom is 0.160 e. The number of hydrogen-bond donors (Lipinski definition) is 0. The second-order valence-corrected chi connectivity index (χ2v) is 16.4. The van der Waals surface area contributed by atoms with E-state index in [0.29, 0.717) is 5.82 Å². The number of furan rings is 2. The van der Waals surface area contributed by atoms with E-state index in [1.165, 1.54) is 0 Å². The summed E-state index contributed by atoms with van der Waals surface area (Å²) in [5.41, 5.74) is 14.9. The fourth-order valence-electron chi connectivity index (χ4n) is 9.77. The Morgan fingerprint density at radius 3 is 1.81 bits per heavy atom. The maximum atomic E-state index is 6.98. The van der Waals surface area contributed by atoms with Gasteiger partial charge in [0, 0.05) is 55.1 Å². The van der Waals surface area contributed by atoms with Crippen LogP contribution < -0.4 is 0 Å². The summed E-state index contributed by atoms with van der Waals surface area (Å²) in [6.45, 7) is 0. The van der Waals surface area contributed by atoms with Gasteiger partial charge >= 0.3 is 0 Å². The monoisotopic (exact) mass is 807 g/mol. The van der Waals surface area contributed by atoms with Gasteiger partial charge in [-0.1, -0.05) is 152 Å². The van der Waals surface area contributed by atoms with Crippen molar-refractivity contribution in [1.82, 2.24) is 14.5 Å². The van der Waals surface area contributed by atoms with Crippen LogP contribution in [-0.2, 0) is 0 Å². The van der Waals surface area contributed by atoms with Gasteiger partial charge in [0.2, 0.25) is 0 Å². The lowest BCUT2D eigenvalue weighted by Gasteiger charge is -2.21. The van der Waals surface area contributed by atoms with E-state index >= 15 is 0 Å². The summed E-state index contributed by atoms with van der Waals surface area (Å²) in [6.07, 6.45) is 9.59. The Morgan fingerprint density at radius 2 is 1.10 bits per heavy atom. The standard InChI is InChI=1S/C58H37N3O2/c1-5-17-36(18-6-1)44-31-40(58-59-48(38-21-9-3-10-22-38)35-49(60-58)39-23-11-4-12-24-39)32-45(37-19-7-2-8-20-37)56(44)61-50-27-15-13-26-43(50)55-51(61)30-29-42-47-34-53-46(33-54(47)63-57(42)55)41-25-14-16-28-52(41)62-53/h1-23,25-35,39H,24H2. The normalized spacial score (nSPS) is 14.0. The predicted octanol–water partition coefficient (Wildman–Crippen LogP) is 15.6. The summed E-state index contributed by atoms with van der Waals surface area (Å²) in [7, 11) is 0. The average Bonchev–Trinajstić information content (AvgIpc) is 4.02. The van der Waals surface area contributed by atoms with Crippen LogP contribution >= 0.6 is 0 Å². The van der Waals surface area contributed by atoms with E-state index in [1.54, 1.807) is 0 Å². The molecule has 4 aromatic heterocycles. The average molecular weight is 808 g/mol. The molecule has 296 valence electrons. The molecule has 5 heteroatoms. The van der Waals surface area contributed by atoms with Crippen LogP contribution in [0.5, 0.6) is 0 Å². The third-order valence-corrected chi connectivity index (χ3v) is 12.7. The van der Waals surface area contributed by atoms with E-state index in [9.17, 15) is 0 Å². The zero-order valence-corrected chi connectivity index (χ0v) is 34.1. The molecule has 13 rings (SSSR count). The van der Waals surface area contributed by atoms with Gasteiger partial charge in [-0.05, 0) is 72.1 Å². The minimum absolute atomic E-state index is 0.151. The first-order chi connectivity index (χ1) is 31.2. The van der Waals surface area contributed by atoms with E-state index in [0.717, 1.165) is 123 Å². The predicted molar refractivity (Wildman–Crippen MR) is 258 cm³/mol. The zero-order chi connectivity index (χ0) is 41.4. The summed E-state index contributed by atoms with van der Waals surface area (Å²) in [6, 6.07) is 64.3. The molecule has 0 fully saturated rings. The minimum atomic E-state index is 0.151. The van der Waals surface area contributed by atoms with Crippen molar-refractivity contribution in [3.05, 3.63) is 212 Å². The molecule has 8 aromatic carbocycles. The molecule has 5 nitrogen and oxygen atoms in total. The van der Waals surface area contributed by atoms with Gasteiger partial charge in [0.15, 0.2) is 5.82 Å². The van der Waals surface area contributed by atoms with Gasteiger partial charge < -0.3 is 13.4 Å². The lowest BCUT2D eigenvalue weighted by atomic mass is 9.92. The SMILES string of the molecule is C1=CCC(c2cc(-c3ccccc3)nc(-c3cc(-c4ccccc4)c(-n4c5ccccc5c5c6oc7cc8c(cc7c6ccc54)oc4ccccc48)c(-c4ccccc4)c3)n2)C=C1. The fourth-order valence-corrected chi connectivity index (χ4v) is 9.77. The van der Waals surface area contributed by atoms with Crippen molar-refractivity contribution in [2.45, 2.75) is 12.3 Å². The maximum absolute atomic E-state index is 6.98. The number of nitrogens with zero attached hydrogens (tertiary/aromatic N) is 3. The highest BCUT2D eigenvalue weighted by Crippen LogP contribution is 2.47. The van der Waals surface area contributed by atoms with Gasteiger partial charge in [-0.15, -0.1) is 0 Å². The Bertz CT molecular complexity index is 3760. The van der Waals surface area contributed by atoms with E-state index < -0.39 is 0 Å². The highest BCUT2D eigenvalue weighted by molar-refractivity contribution is 6.25. The summed E-state index contributed by atoms with van der Waals surface area (Å²) in [5.74, 6) is 0.845. The van der Waals surface area contributed by atoms with Crippen molar-refractivity contribution in [3.63, 3.8) is 0 Å². The van der Waals surface area contributed by atoms with E-state index in [4.69, 9.17) is 18.8 Å².